The van der Waals surface area contributed by atoms with E-state index in [0.29, 0.717) is 26.1 Å². The molecule has 0 bridgehead atoms. The zero-order chi connectivity index (χ0) is 29.9. The van der Waals surface area contributed by atoms with Crippen molar-refractivity contribution in [2.45, 2.75) is 64.7 Å². The van der Waals surface area contributed by atoms with Crippen molar-refractivity contribution >= 4 is 44.9 Å². The number of nitrogens with zero attached hydrogens (tertiary/aromatic N) is 3. The second kappa shape index (κ2) is 16.0. The average Bonchev–Trinajstić information content (AvgIpc) is 3.52. The molecule has 1 saturated heterocycles. The van der Waals surface area contributed by atoms with Crippen LogP contribution in [0, 0.1) is 0 Å². The highest BCUT2D eigenvalue weighted by Crippen LogP contribution is 2.32. The molecular formula is C34H45N3O5S. The minimum absolute atomic E-state index is 0.0656. The molecule has 2 aliphatic heterocycles. The van der Waals surface area contributed by atoms with E-state index in [1.54, 1.807) is 11.3 Å². The SMILES string of the molecule is CCCCCCCOC(=O)OCN1C(=O)CCc2ccc(OCCCCN3CCN(c4cccc5sccc45)CC3)cc21. The molecule has 2 aliphatic rings. The number of thiophene rings is 1. The Labute approximate surface area is 259 Å². The van der Waals surface area contributed by atoms with Gasteiger partial charge in [-0.05, 0) is 67.4 Å². The van der Waals surface area contributed by atoms with Crippen molar-refractivity contribution in [3.05, 3.63) is 53.4 Å². The lowest BCUT2D eigenvalue weighted by atomic mass is 10.0. The third-order valence-electron chi connectivity index (χ3n) is 8.36. The molecule has 1 aromatic heterocycles. The number of rotatable bonds is 15. The summed E-state index contributed by atoms with van der Waals surface area (Å²) in [5.74, 6) is 0.661. The number of benzene rings is 2. The molecule has 0 spiro atoms. The summed E-state index contributed by atoms with van der Waals surface area (Å²) in [5.41, 5.74) is 3.16. The van der Waals surface area contributed by atoms with Gasteiger partial charge in [-0.1, -0.05) is 44.7 Å². The fraction of sp³-hybridized carbons (Fsp3) is 0.529. The van der Waals surface area contributed by atoms with Crippen LogP contribution < -0.4 is 14.5 Å². The summed E-state index contributed by atoms with van der Waals surface area (Å²) in [7, 11) is 0. The van der Waals surface area contributed by atoms with Gasteiger partial charge < -0.3 is 19.1 Å². The molecule has 0 radical (unpaired) electrons. The predicted octanol–water partition coefficient (Wildman–Crippen LogP) is 7.24. The van der Waals surface area contributed by atoms with Crippen LogP contribution in [0.1, 0.15) is 63.9 Å². The van der Waals surface area contributed by atoms with Crippen molar-refractivity contribution in [3.8, 4) is 5.75 Å². The lowest BCUT2D eigenvalue weighted by molar-refractivity contribution is -0.119. The molecule has 8 nitrogen and oxygen atoms in total. The van der Waals surface area contributed by atoms with E-state index in [4.69, 9.17) is 14.2 Å². The van der Waals surface area contributed by atoms with Crippen molar-refractivity contribution in [1.29, 1.82) is 0 Å². The normalized spacial score (nSPS) is 15.5. The van der Waals surface area contributed by atoms with E-state index < -0.39 is 6.16 Å². The second-order valence-electron chi connectivity index (χ2n) is 11.4. The molecule has 2 aromatic carbocycles. The van der Waals surface area contributed by atoms with Crippen molar-refractivity contribution < 1.29 is 23.8 Å². The molecule has 1 amide bonds. The average molecular weight is 608 g/mol. The van der Waals surface area contributed by atoms with Crippen molar-refractivity contribution in [2.24, 2.45) is 0 Å². The molecule has 0 unspecified atom stereocenters. The Hall–Kier alpha value is -3.30. The Kier molecular flexibility index (Phi) is 11.6. The van der Waals surface area contributed by atoms with E-state index in [1.165, 1.54) is 33.5 Å². The summed E-state index contributed by atoms with van der Waals surface area (Å²) in [6, 6.07) is 14.7. The largest absolute Gasteiger partial charge is 0.510 e. The van der Waals surface area contributed by atoms with Gasteiger partial charge >= 0.3 is 6.16 Å². The monoisotopic (exact) mass is 607 g/mol. The van der Waals surface area contributed by atoms with Gasteiger partial charge in [-0.15, -0.1) is 11.3 Å². The lowest BCUT2D eigenvalue weighted by Crippen LogP contribution is -2.46. The van der Waals surface area contributed by atoms with E-state index >= 15 is 0 Å². The second-order valence-corrected chi connectivity index (χ2v) is 12.3. The third kappa shape index (κ3) is 8.63. The van der Waals surface area contributed by atoms with E-state index in [0.717, 1.165) is 81.8 Å². The number of piperazine rings is 1. The number of amides is 1. The predicted molar refractivity (Wildman–Crippen MR) is 174 cm³/mol. The number of aryl methyl sites for hydroxylation is 1. The van der Waals surface area contributed by atoms with Gasteiger partial charge in [0.25, 0.3) is 0 Å². The van der Waals surface area contributed by atoms with Gasteiger partial charge in [0.05, 0.1) is 18.9 Å². The Balaban J connectivity index is 1.01. The zero-order valence-electron chi connectivity index (χ0n) is 25.4. The summed E-state index contributed by atoms with van der Waals surface area (Å²) in [6.45, 7) is 8.29. The maximum absolute atomic E-state index is 12.7. The highest BCUT2D eigenvalue weighted by Gasteiger charge is 2.26. The molecule has 0 N–H and O–H groups in total. The Morgan fingerprint density at radius 2 is 1.70 bits per heavy atom. The van der Waals surface area contributed by atoms with Crippen LogP contribution in [0.2, 0.25) is 0 Å². The van der Waals surface area contributed by atoms with E-state index in [2.05, 4.69) is 46.4 Å². The summed E-state index contributed by atoms with van der Waals surface area (Å²) in [4.78, 5) is 31.3. The molecule has 0 aliphatic carbocycles. The van der Waals surface area contributed by atoms with Crippen LogP contribution in [0.5, 0.6) is 5.75 Å². The van der Waals surface area contributed by atoms with Crippen molar-refractivity contribution in [2.75, 3.05) is 62.5 Å². The quantitative estimate of drug-likeness (QED) is 0.133. The molecule has 5 rings (SSSR count). The maximum atomic E-state index is 12.7. The molecular weight excluding hydrogens is 562 g/mol. The molecule has 0 saturated carbocycles. The highest BCUT2D eigenvalue weighted by molar-refractivity contribution is 7.17. The first kappa shape index (κ1) is 31.1. The number of ether oxygens (including phenoxy) is 3. The Morgan fingerprint density at radius 1 is 0.860 bits per heavy atom. The van der Waals surface area contributed by atoms with Gasteiger partial charge in [0.1, 0.15) is 5.75 Å². The van der Waals surface area contributed by atoms with Crippen LogP contribution in [0.25, 0.3) is 10.1 Å². The van der Waals surface area contributed by atoms with E-state index in [-0.39, 0.29) is 12.6 Å². The van der Waals surface area contributed by atoms with Crippen LogP contribution in [0.4, 0.5) is 16.2 Å². The number of unbranched alkanes of at least 4 members (excludes halogenated alkanes) is 5. The first-order valence-corrected chi connectivity index (χ1v) is 16.8. The first-order valence-electron chi connectivity index (χ1n) is 15.9. The van der Waals surface area contributed by atoms with Crippen LogP contribution in [0.3, 0.4) is 0 Å². The summed E-state index contributed by atoms with van der Waals surface area (Å²) >= 11 is 1.81. The standard InChI is InChI=1S/C34H45N3O5S/c1-2-3-4-5-7-23-41-34(39)42-26-37-31-25-28(14-12-27(31)13-15-33(37)38)40-22-8-6-17-35-18-20-36(21-19-35)30-10-9-11-32-29(30)16-24-43-32/h9-12,14,16,24-25H,2-8,13,15,17-23,26H2,1H3. The highest BCUT2D eigenvalue weighted by atomic mass is 32.1. The number of hydrogen-bond donors (Lipinski definition) is 0. The minimum Gasteiger partial charge on any atom is -0.494 e. The van der Waals surface area contributed by atoms with E-state index in [1.807, 2.05) is 18.2 Å². The molecule has 0 atom stereocenters. The van der Waals surface area contributed by atoms with Crippen molar-refractivity contribution in [1.82, 2.24) is 4.90 Å². The van der Waals surface area contributed by atoms with Gasteiger partial charge in [0.2, 0.25) is 5.91 Å². The molecule has 43 heavy (non-hydrogen) atoms. The number of anilines is 2. The van der Waals surface area contributed by atoms with E-state index in [9.17, 15) is 9.59 Å². The van der Waals surface area contributed by atoms with Gasteiger partial charge in [0.15, 0.2) is 6.73 Å². The van der Waals surface area contributed by atoms with Crippen LogP contribution in [-0.4, -0.2) is 69.6 Å². The third-order valence-corrected chi connectivity index (χ3v) is 9.24. The molecule has 3 heterocycles. The molecule has 232 valence electrons. The first-order chi connectivity index (χ1) is 21.1. The topological polar surface area (TPSA) is 71.5 Å². The smallest absolute Gasteiger partial charge is 0.494 e. The molecule has 1 fully saturated rings. The molecule has 9 heteroatoms. The lowest BCUT2D eigenvalue weighted by Gasteiger charge is -2.36. The van der Waals surface area contributed by atoms with Crippen molar-refractivity contribution in [3.63, 3.8) is 0 Å². The fourth-order valence-electron chi connectivity index (χ4n) is 5.86. The van der Waals surface area contributed by atoms with Crippen LogP contribution in [-0.2, 0) is 20.7 Å². The Morgan fingerprint density at radius 3 is 2.56 bits per heavy atom. The van der Waals surface area contributed by atoms with Gasteiger partial charge in [-0.3, -0.25) is 14.6 Å². The number of carbonyl (C=O) groups is 2. The summed E-state index contributed by atoms with van der Waals surface area (Å²) in [6.07, 6.45) is 7.73. The minimum atomic E-state index is -0.732. The number of fused-ring (bicyclic) bond motifs is 2. The zero-order valence-corrected chi connectivity index (χ0v) is 26.2. The van der Waals surface area contributed by atoms with Gasteiger partial charge in [-0.25, -0.2) is 4.79 Å². The summed E-state index contributed by atoms with van der Waals surface area (Å²) < 4.78 is 17.9. The van der Waals surface area contributed by atoms with Crippen LogP contribution >= 0.6 is 11.3 Å². The van der Waals surface area contributed by atoms with Gasteiger partial charge in [0, 0.05) is 54.4 Å². The molecule has 3 aromatic rings. The summed E-state index contributed by atoms with van der Waals surface area (Å²) in [5, 5.41) is 3.54. The van der Waals surface area contributed by atoms with Crippen LogP contribution in [0.15, 0.2) is 47.8 Å². The fourth-order valence-corrected chi connectivity index (χ4v) is 6.67. The number of carbonyl (C=O) groups excluding carboxylic acids is 2. The van der Waals surface area contributed by atoms with Gasteiger partial charge in [-0.2, -0.15) is 0 Å². The maximum Gasteiger partial charge on any atom is 0.510 e. The number of hydrogen-bond acceptors (Lipinski definition) is 8. The Bertz CT molecular complexity index is 1340.